The van der Waals surface area contributed by atoms with Gasteiger partial charge in [-0.2, -0.15) is 4.98 Å². The molecular formula is C18H25N3O2. The van der Waals surface area contributed by atoms with Crippen molar-refractivity contribution < 1.29 is 9.32 Å². The molecule has 0 radical (unpaired) electrons. The minimum atomic E-state index is 0.147. The lowest BCUT2D eigenvalue weighted by molar-refractivity contribution is -0.127. The van der Waals surface area contributed by atoms with Crippen molar-refractivity contribution in [2.75, 3.05) is 13.1 Å². The van der Waals surface area contributed by atoms with Gasteiger partial charge in [-0.05, 0) is 62.7 Å². The largest absolute Gasteiger partial charge is 0.342 e. The second kappa shape index (κ2) is 4.81. The van der Waals surface area contributed by atoms with Crippen molar-refractivity contribution in [1.29, 1.82) is 0 Å². The zero-order chi connectivity index (χ0) is 15.6. The van der Waals surface area contributed by atoms with Gasteiger partial charge in [0, 0.05) is 25.4 Å². The van der Waals surface area contributed by atoms with Crippen molar-refractivity contribution in [1.82, 2.24) is 15.0 Å². The first kappa shape index (κ1) is 14.0. The van der Waals surface area contributed by atoms with Crippen LogP contribution in [0.15, 0.2) is 4.52 Å². The van der Waals surface area contributed by atoms with Crippen LogP contribution in [0.3, 0.4) is 0 Å². The molecule has 0 unspecified atom stereocenters. The third-order valence-electron chi connectivity index (χ3n) is 6.94. The number of hydrogen-bond acceptors (Lipinski definition) is 4. The normalized spacial score (nSPS) is 41.7. The lowest BCUT2D eigenvalue weighted by Gasteiger charge is -2.55. The Morgan fingerprint density at radius 2 is 1.83 bits per heavy atom. The van der Waals surface area contributed by atoms with E-state index in [4.69, 9.17) is 9.51 Å². The average Bonchev–Trinajstić information content (AvgIpc) is 3.15. The van der Waals surface area contributed by atoms with Gasteiger partial charge in [0.1, 0.15) is 0 Å². The maximum atomic E-state index is 11.5. The molecule has 124 valence electrons. The lowest BCUT2D eigenvalue weighted by atomic mass is 9.49. The standard InChI is InChI=1S/C18H25N3O2/c1-11(22)21-3-2-15(10-21)16-19-17(20-23-16)18-7-12-4-13(8-18)6-14(5-12)9-18/h12-15H,2-10H2,1H3/t12?,13?,14?,15-,18?/m0/s1. The van der Waals surface area contributed by atoms with Crippen LogP contribution in [0.4, 0.5) is 0 Å². The highest BCUT2D eigenvalue weighted by molar-refractivity contribution is 5.73. The Labute approximate surface area is 136 Å². The van der Waals surface area contributed by atoms with Crippen molar-refractivity contribution >= 4 is 5.91 Å². The van der Waals surface area contributed by atoms with Gasteiger partial charge in [0.2, 0.25) is 11.8 Å². The van der Waals surface area contributed by atoms with Gasteiger partial charge in [0.05, 0.1) is 5.92 Å². The van der Waals surface area contributed by atoms with E-state index in [0.717, 1.165) is 49.0 Å². The number of carbonyl (C=O) groups is 1. The molecular weight excluding hydrogens is 290 g/mol. The smallest absolute Gasteiger partial charge is 0.231 e. The quantitative estimate of drug-likeness (QED) is 0.842. The van der Waals surface area contributed by atoms with E-state index in [0.29, 0.717) is 0 Å². The molecule has 0 spiro atoms. The van der Waals surface area contributed by atoms with Crippen molar-refractivity contribution in [3.05, 3.63) is 11.7 Å². The summed E-state index contributed by atoms with van der Waals surface area (Å²) in [7, 11) is 0. The molecule has 5 nitrogen and oxygen atoms in total. The van der Waals surface area contributed by atoms with Crippen LogP contribution in [0, 0.1) is 17.8 Å². The van der Waals surface area contributed by atoms with E-state index >= 15 is 0 Å². The molecule has 1 saturated heterocycles. The fourth-order valence-corrected chi connectivity index (χ4v) is 6.25. The third-order valence-corrected chi connectivity index (χ3v) is 6.94. The first-order valence-corrected chi connectivity index (χ1v) is 9.21. The molecule has 4 aliphatic carbocycles. The van der Waals surface area contributed by atoms with Crippen LogP contribution in [0.1, 0.15) is 69.5 Å². The third kappa shape index (κ3) is 2.15. The summed E-state index contributed by atoms with van der Waals surface area (Å²) in [6.07, 6.45) is 9.04. The number of nitrogens with zero attached hydrogens (tertiary/aromatic N) is 3. The van der Waals surface area contributed by atoms with Crippen molar-refractivity contribution in [2.45, 2.75) is 63.2 Å². The Kier molecular flexibility index (Phi) is 2.92. The molecule has 4 bridgehead atoms. The number of carbonyl (C=O) groups excluding carboxylic acids is 1. The number of aromatic nitrogens is 2. The summed E-state index contributed by atoms with van der Waals surface area (Å²) in [6.45, 7) is 3.18. The summed E-state index contributed by atoms with van der Waals surface area (Å²) in [5, 5.41) is 4.43. The minimum Gasteiger partial charge on any atom is -0.342 e. The van der Waals surface area contributed by atoms with Gasteiger partial charge in [0.15, 0.2) is 5.82 Å². The lowest BCUT2D eigenvalue weighted by Crippen LogP contribution is -2.49. The molecule has 1 atom stereocenters. The fourth-order valence-electron chi connectivity index (χ4n) is 6.25. The highest BCUT2D eigenvalue weighted by Gasteiger charge is 2.54. The highest BCUT2D eigenvalue weighted by atomic mass is 16.5. The number of likely N-dealkylation sites (tertiary alicyclic amines) is 1. The van der Waals surface area contributed by atoms with Crippen LogP contribution in [0.5, 0.6) is 0 Å². The number of amides is 1. The molecule has 1 aromatic heterocycles. The summed E-state index contributed by atoms with van der Waals surface area (Å²) in [6, 6.07) is 0. The van der Waals surface area contributed by atoms with Gasteiger partial charge in [-0.15, -0.1) is 0 Å². The SMILES string of the molecule is CC(=O)N1CC[C@H](c2nc(C34CC5CC(CC(C5)C3)C4)no2)C1. The van der Waals surface area contributed by atoms with Gasteiger partial charge in [0.25, 0.3) is 0 Å². The highest BCUT2D eigenvalue weighted by Crippen LogP contribution is 2.60. The Morgan fingerprint density at radius 1 is 1.17 bits per heavy atom. The van der Waals surface area contributed by atoms with E-state index in [1.165, 1.54) is 38.5 Å². The molecule has 5 heteroatoms. The Balaban J connectivity index is 1.39. The van der Waals surface area contributed by atoms with Crippen LogP contribution in [-0.4, -0.2) is 34.0 Å². The first-order chi connectivity index (χ1) is 11.1. The second-order valence-electron chi connectivity index (χ2n) is 8.60. The molecule has 5 fully saturated rings. The maximum absolute atomic E-state index is 11.5. The molecule has 6 rings (SSSR count). The monoisotopic (exact) mass is 315 g/mol. The molecule has 1 aliphatic heterocycles. The van der Waals surface area contributed by atoms with E-state index in [2.05, 4.69) is 5.16 Å². The van der Waals surface area contributed by atoms with Gasteiger partial charge in [-0.3, -0.25) is 4.79 Å². The number of rotatable bonds is 2. The van der Waals surface area contributed by atoms with Gasteiger partial charge < -0.3 is 9.42 Å². The van der Waals surface area contributed by atoms with E-state index in [9.17, 15) is 4.79 Å². The van der Waals surface area contributed by atoms with E-state index in [1.807, 2.05) is 4.90 Å². The Bertz CT molecular complexity index is 603. The predicted molar refractivity (Wildman–Crippen MR) is 83.8 cm³/mol. The zero-order valence-corrected chi connectivity index (χ0v) is 13.8. The molecule has 2 heterocycles. The summed E-state index contributed by atoms with van der Waals surface area (Å²) in [5.74, 6) is 4.79. The van der Waals surface area contributed by atoms with E-state index in [-0.39, 0.29) is 17.2 Å². The van der Waals surface area contributed by atoms with Crippen LogP contribution in [-0.2, 0) is 10.2 Å². The number of hydrogen-bond donors (Lipinski definition) is 0. The molecule has 4 saturated carbocycles. The summed E-state index contributed by atoms with van der Waals surface area (Å²) in [4.78, 5) is 18.3. The van der Waals surface area contributed by atoms with E-state index in [1.54, 1.807) is 6.92 Å². The zero-order valence-electron chi connectivity index (χ0n) is 13.8. The second-order valence-corrected chi connectivity index (χ2v) is 8.60. The Morgan fingerprint density at radius 3 is 2.39 bits per heavy atom. The predicted octanol–water partition coefficient (Wildman–Crippen LogP) is 2.87. The first-order valence-electron chi connectivity index (χ1n) is 9.21. The molecule has 0 N–H and O–H groups in total. The molecule has 1 aromatic rings. The van der Waals surface area contributed by atoms with Crippen molar-refractivity contribution in [2.24, 2.45) is 17.8 Å². The minimum absolute atomic E-state index is 0.147. The summed E-state index contributed by atoms with van der Waals surface area (Å²) >= 11 is 0. The van der Waals surface area contributed by atoms with Gasteiger partial charge >= 0.3 is 0 Å². The Hall–Kier alpha value is -1.39. The van der Waals surface area contributed by atoms with Crippen LogP contribution >= 0.6 is 0 Å². The van der Waals surface area contributed by atoms with E-state index < -0.39 is 0 Å². The fraction of sp³-hybridized carbons (Fsp3) is 0.833. The maximum Gasteiger partial charge on any atom is 0.231 e. The molecule has 0 aromatic carbocycles. The average molecular weight is 315 g/mol. The van der Waals surface area contributed by atoms with Crippen LogP contribution in [0.2, 0.25) is 0 Å². The van der Waals surface area contributed by atoms with Crippen LogP contribution < -0.4 is 0 Å². The topological polar surface area (TPSA) is 59.2 Å². The summed E-state index contributed by atoms with van der Waals surface area (Å²) in [5.41, 5.74) is 0.204. The molecule has 5 aliphatic rings. The van der Waals surface area contributed by atoms with Gasteiger partial charge in [-0.1, -0.05) is 5.16 Å². The van der Waals surface area contributed by atoms with Crippen LogP contribution in [0.25, 0.3) is 0 Å². The van der Waals surface area contributed by atoms with Gasteiger partial charge in [-0.25, -0.2) is 0 Å². The van der Waals surface area contributed by atoms with Crippen molar-refractivity contribution in [3.63, 3.8) is 0 Å². The molecule has 1 amide bonds. The summed E-state index contributed by atoms with van der Waals surface area (Å²) < 4.78 is 5.67. The van der Waals surface area contributed by atoms with Crippen molar-refractivity contribution in [3.8, 4) is 0 Å². The molecule has 23 heavy (non-hydrogen) atoms.